The predicted molar refractivity (Wildman–Crippen MR) is 62.4 cm³/mol. The first-order chi connectivity index (χ1) is 7.22. The smallest absolute Gasteiger partial charge is 0.328 e. The summed E-state index contributed by atoms with van der Waals surface area (Å²) in [6.07, 6.45) is 0.846. The summed E-state index contributed by atoms with van der Waals surface area (Å²) in [5.74, 6) is -1.04. The summed E-state index contributed by atoms with van der Waals surface area (Å²) in [6.45, 7) is 9.35. The number of urea groups is 1. The molecule has 0 bridgehead atoms. The van der Waals surface area contributed by atoms with Gasteiger partial charge in [0.2, 0.25) is 0 Å². The molecule has 0 saturated carbocycles. The zero-order valence-electron chi connectivity index (χ0n) is 10.7. The molecule has 0 aliphatic rings. The molecule has 2 amide bonds. The molecule has 0 saturated heterocycles. The van der Waals surface area contributed by atoms with Gasteiger partial charge in [0.05, 0.1) is 0 Å². The molecule has 0 unspecified atom stereocenters. The van der Waals surface area contributed by atoms with Crippen molar-refractivity contribution in [2.24, 2.45) is 0 Å². The van der Waals surface area contributed by atoms with Crippen LogP contribution in [-0.4, -0.2) is 40.1 Å². The number of amides is 2. The maximum absolute atomic E-state index is 11.8. The maximum Gasteiger partial charge on any atom is 0.328 e. The van der Waals surface area contributed by atoms with E-state index in [1.165, 1.54) is 13.8 Å². The molecule has 0 atom stereocenters. The van der Waals surface area contributed by atoms with E-state index in [0.717, 1.165) is 6.42 Å². The van der Waals surface area contributed by atoms with Crippen molar-refractivity contribution in [3.05, 3.63) is 0 Å². The SMILES string of the molecule is CCCN(C(=O)NC(C)(C)C(=O)O)C(C)C. The minimum absolute atomic E-state index is 0.0598. The summed E-state index contributed by atoms with van der Waals surface area (Å²) in [5, 5.41) is 11.4. The van der Waals surface area contributed by atoms with Crippen LogP contribution in [0.25, 0.3) is 0 Å². The third-order valence-corrected chi connectivity index (χ3v) is 2.30. The van der Waals surface area contributed by atoms with Crippen LogP contribution in [0.1, 0.15) is 41.0 Å². The Morgan fingerprint density at radius 1 is 1.38 bits per heavy atom. The highest BCUT2D eigenvalue weighted by Crippen LogP contribution is 2.06. The molecule has 94 valence electrons. The van der Waals surface area contributed by atoms with Gasteiger partial charge < -0.3 is 15.3 Å². The number of rotatable bonds is 5. The number of nitrogens with one attached hydrogen (secondary N) is 1. The van der Waals surface area contributed by atoms with Crippen LogP contribution in [0.2, 0.25) is 0 Å². The van der Waals surface area contributed by atoms with Gasteiger partial charge in [-0.3, -0.25) is 0 Å². The standard InChI is InChI=1S/C11H22N2O3/c1-6-7-13(8(2)3)10(16)12-11(4,5)9(14)15/h8H,6-7H2,1-5H3,(H,12,16)(H,14,15). The minimum atomic E-state index is -1.24. The Balaban J connectivity index is 4.59. The molecule has 0 heterocycles. The van der Waals surface area contributed by atoms with Gasteiger partial charge in [-0.25, -0.2) is 9.59 Å². The number of carboxylic acids is 1. The molecule has 0 spiro atoms. The Morgan fingerprint density at radius 2 is 1.88 bits per heavy atom. The van der Waals surface area contributed by atoms with Crippen molar-refractivity contribution in [2.45, 2.75) is 52.6 Å². The van der Waals surface area contributed by atoms with Crippen LogP contribution in [-0.2, 0) is 4.79 Å². The van der Waals surface area contributed by atoms with Crippen LogP contribution < -0.4 is 5.32 Å². The van der Waals surface area contributed by atoms with E-state index in [1.54, 1.807) is 4.90 Å². The van der Waals surface area contributed by atoms with Gasteiger partial charge in [0, 0.05) is 12.6 Å². The molecule has 5 nitrogen and oxygen atoms in total. The lowest BCUT2D eigenvalue weighted by molar-refractivity contribution is -0.143. The Hall–Kier alpha value is -1.26. The maximum atomic E-state index is 11.8. The van der Waals surface area contributed by atoms with Gasteiger partial charge in [-0.1, -0.05) is 6.92 Å². The van der Waals surface area contributed by atoms with Crippen molar-refractivity contribution >= 4 is 12.0 Å². The predicted octanol–water partition coefficient (Wildman–Crippen LogP) is 1.68. The van der Waals surface area contributed by atoms with E-state index >= 15 is 0 Å². The normalized spacial score (nSPS) is 11.4. The second kappa shape index (κ2) is 5.72. The number of hydrogen-bond donors (Lipinski definition) is 2. The molecular weight excluding hydrogens is 208 g/mol. The monoisotopic (exact) mass is 230 g/mol. The second-order valence-corrected chi connectivity index (χ2v) is 4.65. The summed E-state index contributed by atoms with van der Waals surface area (Å²) in [7, 11) is 0. The Morgan fingerprint density at radius 3 is 2.19 bits per heavy atom. The van der Waals surface area contributed by atoms with Gasteiger partial charge in [0.15, 0.2) is 0 Å². The highest BCUT2D eigenvalue weighted by molar-refractivity contribution is 5.85. The quantitative estimate of drug-likeness (QED) is 0.755. The van der Waals surface area contributed by atoms with E-state index in [9.17, 15) is 9.59 Å². The summed E-state index contributed by atoms with van der Waals surface area (Å²) >= 11 is 0. The average molecular weight is 230 g/mol. The first-order valence-corrected chi connectivity index (χ1v) is 5.54. The van der Waals surface area contributed by atoms with E-state index < -0.39 is 11.5 Å². The van der Waals surface area contributed by atoms with Crippen molar-refractivity contribution < 1.29 is 14.7 Å². The van der Waals surface area contributed by atoms with E-state index in [0.29, 0.717) is 6.54 Å². The van der Waals surface area contributed by atoms with Gasteiger partial charge in [-0.05, 0) is 34.1 Å². The van der Waals surface area contributed by atoms with Crippen LogP contribution in [0, 0.1) is 0 Å². The Bertz CT molecular complexity index is 262. The fourth-order valence-corrected chi connectivity index (χ4v) is 1.23. The Kier molecular flexibility index (Phi) is 5.27. The Labute approximate surface area is 96.8 Å². The zero-order chi connectivity index (χ0) is 12.9. The number of aliphatic carboxylic acids is 1. The van der Waals surface area contributed by atoms with E-state index in [-0.39, 0.29) is 12.1 Å². The zero-order valence-corrected chi connectivity index (χ0v) is 10.7. The van der Waals surface area contributed by atoms with Crippen molar-refractivity contribution in [3.8, 4) is 0 Å². The van der Waals surface area contributed by atoms with Crippen LogP contribution in [0.15, 0.2) is 0 Å². The minimum Gasteiger partial charge on any atom is -0.480 e. The highest BCUT2D eigenvalue weighted by Gasteiger charge is 2.31. The molecule has 0 aromatic heterocycles. The first-order valence-electron chi connectivity index (χ1n) is 5.54. The molecule has 0 aromatic carbocycles. The molecule has 0 radical (unpaired) electrons. The lowest BCUT2D eigenvalue weighted by atomic mass is 10.1. The molecule has 16 heavy (non-hydrogen) atoms. The summed E-state index contributed by atoms with van der Waals surface area (Å²) < 4.78 is 0. The fourth-order valence-electron chi connectivity index (χ4n) is 1.23. The van der Waals surface area contributed by atoms with Gasteiger partial charge in [0.25, 0.3) is 0 Å². The average Bonchev–Trinajstić information content (AvgIpc) is 2.12. The number of carboxylic acid groups (broad SMARTS) is 1. The third-order valence-electron chi connectivity index (χ3n) is 2.30. The third kappa shape index (κ3) is 4.08. The van der Waals surface area contributed by atoms with Crippen molar-refractivity contribution in [1.82, 2.24) is 10.2 Å². The lowest BCUT2D eigenvalue weighted by Crippen LogP contribution is -2.55. The first kappa shape index (κ1) is 14.7. The van der Waals surface area contributed by atoms with E-state index in [2.05, 4.69) is 5.32 Å². The summed E-state index contributed by atoms with van der Waals surface area (Å²) in [5.41, 5.74) is -1.24. The van der Waals surface area contributed by atoms with Crippen LogP contribution in [0.5, 0.6) is 0 Å². The molecule has 0 fully saturated rings. The largest absolute Gasteiger partial charge is 0.480 e. The molecule has 0 rings (SSSR count). The van der Waals surface area contributed by atoms with Gasteiger partial charge >= 0.3 is 12.0 Å². The molecule has 0 aromatic rings. The van der Waals surface area contributed by atoms with Crippen molar-refractivity contribution in [1.29, 1.82) is 0 Å². The number of nitrogens with zero attached hydrogens (tertiary/aromatic N) is 1. The molecule has 2 N–H and O–H groups in total. The number of carbonyl (C=O) groups is 2. The number of hydrogen-bond acceptors (Lipinski definition) is 2. The van der Waals surface area contributed by atoms with Crippen LogP contribution in [0.4, 0.5) is 4.79 Å². The van der Waals surface area contributed by atoms with Gasteiger partial charge in [0.1, 0.15) is 5.54 Å². The molecule has 5 heteroatoms. The van der Waals surface area contributed by atoms with Gasteiger partial charge in [-0.2, -0.15) is 0 Å². The number of carbonyl (C=O) groups excluding carboxylic acids is 1. The van der Waals surface area contributed by atoms with E-state index in [1.807, 2.05) is 20.8 Å². The second-order valence-electron chi connectivity index (χ2n) is 4.65. The summed E-state index contributed by atoms with van der Waals surface area (Å²) in [4.78, 5) is 24.3. The summed E-state index contributed by atoms with van der Waals surface area (Å²) in [6, 6.07) is -0.270. The van der Waals surface area contributed by atoms with Crippen LogP contribution >= 0.6 is 0 Å². The van der Waals surface area contributed by atoms with E-state index in [4.69, 9.17) is 5.11 Å². The van der Waals surface area contributed by atoms with Crippen molar-refractivity contribution in [3.63, 3.8) is 0 Å². The van der Waals surface area contributed by atoms with Gasteiger partial charge in [-0.15, -0.1) is 0 Å². The molecule has 0 aliphatic carbocycles. The molecule has 0 aliphatic heterocycles. The van der Waals surface area contributed by atoms with Crippen LogP contribution in [0.3, 0.4) is 0 Å². The topological polar surface area (TPSA) is 69.6 Å². The van der Waals surface area contributed by atoms with Crippen molar-refractivity contribution in [2.75, 3.05) is 6.54 Å². The lowest BCUT2D eigenvalue weighted by Gasteiger charge is -2.30. The molecular formula is C11H22N2O3. The fraction of sp³-hybridized carbons (Fsp3) is 0.818. The highest BCUT2D eigenvalue weighted by atomic mass is 16.4.